The lowest BCUT2D eigenvalue weighted by atomic mass is 10.00. The van der Waals surface area contributed by atoms with E-state index in [2.05, 4.69) is 23.2 Å². The Morgan fingerprint density at radius 1 is 1.26 bits per heavy atom. The summed E-state index contributed by atoms with van der Waals surface area (Å²) in [5, 5.41) is 3.90. The molecule has 4 nitrogen and oxygen atoms in total. The second-order valence-corrected chi connectivity index (χ2v) is 7.37. The van der Waals surface area contributed by atoms with Gasteiger partial charge in [0.05, 0.1) is 0 Å². The summed E-state index contributed by atoms with van der Waals surface area (Å²) >= 11 is 6.07. The number of hydrogen-bond donors (Lipinski definition) is 1. The van der Waals surface area contributed by atoms with Crippen molar-refractivity contribution in [2.75, 3.05) is 37.6 Å². The largest absolute Gasteiger partial charge is 0.371 e. The van der Waals surface area contributed by atoms with Crippen molar-refractivity contribution < 1.29 is 4.79 Å². The number of carbonyl (C=O) groups excluding carboxylic acids is 1. The summed E-state index contributed by atoms with van der Waals surface area (Å²) in [7, 11) is 0. The highest BCUT2D eigenvalue weighted by Crippen LogP contribution is 2.25. The first-order valence-electron chi connectivity index (χ1n) is 8.65. The fraction of sp³-hybridized carbons (Fsp3) is 0.611. The number of carbonyl (C=O) groups is 1. The van der Waals surface area contributed by atoms with Gasteiger partial charge < -0.3 is 15.1 Å². The summed E-state index contributed by atoms with van der Waals surface area (Å²) in [5.41, 5.74) is 1.18. The maximum Gasteiger partial charge on any atom is 0.317 e. The third-order valence-corrected chi connectivity index (χ3v) is 5.31. The second-order valence-electron chi connectivity index (χ2n) is 6.94. The van der Waals surface area contributed by atoms with Crippen molar-refractivity contribution in [1.29, 1.82) is 0 Å². The number of benzene rings is 1. The molecular weight excluding hydrogens is 310 g/mol. The van der Waals surface area contributed by atoms with E-state index in [9.17, 15) is 4.79 Å². The number of nitrogens with one attached hydrogen (secondary N) is 1. The molecule has 0 aliphatic carbocycles. The summed E-state index contributed by atoms with van der Waals surface area (Å²) in [4.78, 5) is 16.6. The molecule has 2 aliphatic heterocycles. The van der Waals surface area contributed by atoms with Gasteiger partial charge in [-0.3, -0.25) is 0 Å². The predicted molar refractivity (Wildman–Crippen MR) is 95.1 cm³/mol. The van der Waals surface area contributed by atoms with Gasteiger partial charge in [-0.15, -0.1) is 0 Å². The Balaban J connectivity index is 1.44. The van der Waals surface area contributed by atoms with E-state index < -0.39 is 0 Å². The molecule has 1 aromatic rings. The molecule has 1 aromatic carbocycles. The van der Waals surface area contributed by atoms with Crippen LogP contribution < -0.4 is 10.2 Å². The first-order chi connectivity index (χ1) is 11.1. The molecule has 2 saturated heterocycles. The highest BCUT2D eigenvalue weighted by Gasteiger charge is 2.25. The van der Waals surface area contributed by atoms with Crippen LogP contribution in [-0.4, -0.2) is 43.7 Å². The number of nitrogens with zero attached hydrogens (tertiary/aromatic N) is 2. The van der Waals surface area contributed by atoms with Crippen LogP contribution in [0.5, 0.6) is 0 Å². The van der Waals surface area contributed by atoms with Crippen LogP contribution in [0.3, 0.4) is 0 Å². The van der Waals surface area contributed by atoms with E-state index in [4.69, 9.17) is 11.6 Å². The monoisotopic (exact) mass is 335 g/mol. The lowest BCUT2D eigenvalue weighted by Gasteiger charge is -2.30. The zero-order valence-corrected chi connectivity index (χ0v) is 14.6. The van der Waals surface area contributed by atoms with Gasteiger partial charge in [-0.05, 0) is 49.3 Å². The van der Waals surface area contributed by atoms with E-state index in [0.717, 1.165) is 62.9 Å². The standard InChI is InChI=1S/C18H26ClN3O/c1-14-5-8-21(9-6-14)18(23)20-12-15-7-10-22(13-15)17-4-2-3-16(19)11-17/h2-4,11,14-15H,5-10,12-13H2,1H3,(H,20,23). The molecule has 0 radical (unpaired) electrons. The van der Waals surface area contributed by atoms with E-state index in [1.54, 1.807) is 0 Å². The molecule has 2 amide bonds. The number of halogens is 1. The molecule has 2 fully saturated rings. The van der Waals surface area contributed by atoms with Crippen LogP contribution in [0.2, 0.25) is 5.02 Å². The Morgan fingerprint density at radius 2 is 2.04 bits per heavy atom. The van der Waals surface area contributed by atoms with Gasteiger partial charge in [0.2, 0.25) is 0 Å². The van der Waals surface area contributed by atoms with Gasteiger partial charge in [-0.1, -0.05) is 24.6 Å². The van der Waals surface area contributed by atoms with Crippen LogP contribution in [0.15, 0.2) is 24.3 Å². The Hall–Kier alpha value is -1.42. The molecule has 0 aromatic heterocycles. The molecule has 0 bridgehead atoms. The van der Waals surface area contributed by atoms with Crippen molar-refractivity contribution >= 4 is 23.3 Å². The number of piperidine rings is 1. The minimum absolute atomic E-state index is 0.109. The third kappa shape index (κ3) is 4.31. The van der Waals surface area contributed by atoms with Crippen molar-refractivity contribution in [3.63, 3.8) is 0 Å². The van der Waals surface area contributed by atoms with Gasteiger partial charge in [0.15, 0.2) is 0 Å². The van der Waals surface area contributed by atoms with E-state index in [1.807, 2.05) is 23.1 Å². The van der Waals surface area contributed by atoms with Crippen LogP contribution in [0, 0.1) is 11.8 Å². The molecule has 5 heteroatoms. The molecule has 126 valence electrons. The molecule has 2 heterocycles. The Labute approximate surface area is 143 Å². The summed E-state index contributed by atoms with van der Waals surface area (Å²) < 4.78 is 0. The molecule has 1 unspecified atom stereocenters. The van der Waals surface area contributed by atoms with Crippen LogP contribution in [-0.2, 0) is 0 Å². The van der Waals surface area contributed by atoms with Crippen molar-refractivity contribution in [2.24, 2.45) is 11.8 Å². The van der Waals surface area contributed by atoms with E-state index in [-0.39, 0.29) is 6.03 Å². The van der Waals surface area contributed by atoms with Crippen LogP contribution >= 0.6 is 11.6 Å². The third-order valence-electron chi connectivity index (χ3n) is 5.07. The molecular formula is C18H26ClN3O. The lowest BCUT2D eigenvalue weighted by molar-refractivity contribution is 0.173. The summed E-state index contributed by atoms with van der Waals surface area (Å²) in [6.45, 7) is 6.83. The van der Waals surface area contributed by atoms with E-state index in [1.165, 1.54) is 5.69 Å². The van der Waals surface area contributed by atoms with Crippen molar-refractivity contribution in [1.82, 2.24) is 10.2 Å². The van der Waals surface area contributed by atoms with Gasteiger partial charge >= 0.3 is 6.03 Å². The summed E-state index contributed by atoms with van der Waals surface area (Å²) in [5.74, 6) is 1.27. The summed E-state index contributed by atoms with van der Waals surface area (Å²) in [6.07, 6.45) is 3.36. The first-order valence-corrected chi connectivity index (χ1v) is 9.03. The summed E-state index contributed by atoms with van der Waals surface area (Å²) in [6, 6.07) is 8.11. The second kappa shape index (κ2) is 7.43. The normalized spacial score (nSPS) is 22.4. The van der Waals surface area contributed by atoms with Crippen molar-refractivity contribution in [3.05, 3.63) is 29.3 Å². The maximum atomic E-state index is 12.2. The highest BCUT2D eigenvalue weighted by atomic mass is 35.5. The number of hydrogen-bond acceptors (Lipinski definition) is 2. The quantitative estimate of drug-likeness (QED) is 0.916. The van der Waals surface area contributed by atoms with Gasteiger partial charge in [-0.25, -0.2) is 4.79 Å². The molecule has 1 atom stereocenters. The number of anilines is 1. The lowest BCUT2D eigenvalue weighted by Crippen LogP contribution is -2.45. The van der Waals surface area contributed by atoms with E-state index in [0.29, 0.717) is 5.92 Å². The zero-order chi connectivity index (χ0) is 16.2. The van der Waals surface area contributed by atoms with Crippen LogP contribution in [0.4, 0.5) is 10.5 Å². The zero-order valence-electron chi connectivity index (χ0n) is 13.8. The topological polar surface area (TPSA) is 35.6 Å². The Morgan fingerprint density at radius 3 is 2.78 bits per heavy atom. The first kappa shape index (κ1) is 16.4. The number of urea groups is 1. The SMILES string of the molecule is CC1CCN(C(=O)NCC2CCN(c3cccc(Cl)c3)C2)CC1. The van der Waals surface area contributed by atoms with Crippen LogP contribution in [0.1, 0.15) is 26.2 Å². The van der Waals surface area contributed by atoms with Gasteiger partial charge in [0.25, 0.3) is 0 Å². The average Bonchev–Trinajstić information content (AvgIpc) is 3.02. The van der Waals surface area contributed by atoms with Gasteiger partial charge in [0.1, 0.15) is 0 Å². The van der Waals surface area contributed by atoms with E-state index >= 15 is 0 Å². The fourth-order valence-corrected chi connectivity index (χ4v) is 3.65. The number of rotatable bonds is 3. The maximum absolute atomic E-state index is 12.2. The molecule has 0 spiro atoms. The van der Waals surface area contributed by atoms with Gasteiger partial charge in [0, 0.05) is 43.4 Å². The number of amides is 2. The molecule has 3 rings (SSSR count). The minimum atomic E-state index is 0.109. The molecule has 23 heavy (non-hydrogen) atoms. The Bertz CT molecular complexity index is 543. The van der Waals surface area contributed by atoms with Crippen LogP contribution in [0.25, 0.3) is 0 Å². The smallest absolute Gasteiger partial charge is 0.317 e. The minimum Gasteiger partial charge on any atom is -0.371 e. The average molecular weight is 336 g/mol. The highest BCUT2D eigenvalue weighted by molar-refractivity contribution is 6.30. The molecule has 1 N–H and O–H groups in total. The molecule has 0 saturated carbocycles. The Kier molecular flexibility index (Phi) is 5.31. The van der Waals surface area contributed by atoms with Crippen molar-refractivity contribution in [2.45, 2.75) is 26.2 Å². The van der Waals surface area contributed by atoms with Crippen molar-refractivity contribution in [3.8, 4) is 0 Å². The van der Waals surface area contributed by atoms with Gasteiger partial charge in [-0.2, -0.15) is 0 Å². The molecule has 2 aliphatic rings. The predicted octanol–water partition coefficient (Wildman–Crippen LogP) is 3.61. The fourth-order valence-electron chi connectivity index (χ4n) is 3.46. The number of likely N-dealkylation sites (tertiary alicyclic amines) is 1.